The third-order valence-corrected chi connectivity index (χ3v) is 2.66. The van der Waals surface area contributed by atoms with Crippen LogP contribution in [0.1, 0.15) is 13.8 Å². The van der Waals surface area contributed by atoms with Crippen molar-refractivity contribution in [1.29, 1.82) is 0 Å². The van der Waals surface area contributed by atoms with Gasteiger partial charge in [0.15, 0.2) is 0 Å². The summed E-state index contributed by atoms with van der Waals surface area (Å²) in [6, 6.07) is 9.31. The minimum absolute atomic E-state index is 0.0304. The Bertz CT molecular complexity index is 370. The van der Waals surface area contributed by atoms with Crippen LogP contribution in [0.2, 0.25) is 0 Å². The highest BCUT2D eigenvalue weighted by atomic mass is 16.5. The molecule has 0 bridgehead atoms. The molecular formula is C14H22N2O3. The van der Waals surface area contributed by atoms with E-state index in [1.807, 2.05) is 44.2 Å². The Morgan fingerprint density at radius 2 is 2.11 bits per heavy atom. The fraction of sp³-hybridized carbons (Fsp3) is 0.500. The number of para-hydroxylation sites is 1. The topological polar surface area (TPSA) is 61.8 Å². The van der Waals surface area contributed by atoms with E-state index in [1.54, 1.807) is 4.90 Å². The molecule has 0 radical (unpaired) electrons. The minimum Gasteiger partial charge on any atom is -0.489 e. The van der Waals surface area contributed by atoms with Crippen LogP contribution in [-0.4, -0.2) is 48.4 Å². The van der Waals surface area contributed by atoms with Crippen LogP contribution in [0.15, 0.2) is 30.3 Å². The van der Waals surface area contributed by atoms with Gasteiger partial charge in [-0.25, -0.2) is 4.79 Å². The quantitative estimate of drug-likeness (QED) is 0.785. The first-order chi connectivity index (χ1) is 9.17. The molecule has 5 heteroatoms. The van der Waals surface area contributed by atoms with Crippen LogP contribution in [0, 0.1) is 0 Å². The summed E-state index contributed by atoms with van der Waals surface area (Å²) in [5.41, 5.74) is 0. The zero-order chi connectivity index (χ0) is 14.1. The van der Waals surface area contributed by atoms with Gasteiger partial charge in [-0.3, -0.25) is 0 Å². The summed E-state index contributed by atoms with van der Waals surface area (Å²) in [7, 11) is 0. The summed E-state index contributed by atoms with van der Waals surface area (Å²) in [4.78, 5) is 13.3. The maximum Gasteiger partial charge on any atom is 0.317 e. The van der Waals surface area contributed by atoms with Crippen LogP contribution in [0.3, 0.4) is 0 Å². The number of hydrogen-bond acceptors (Lipinski definition) is 3. The molecule has 0 aliphatic heterocycles. The number of likely N-dealkylation sites (N-methyl/N-ethyl adjacent to an activating group) is 1. The fourth-order valence-corrected chi connectivity index (χ4v) is 1.64. The number of hydrogen-bond donors (Lipinski definition) is 2. The number of benzene rings is 1. The van der Waals surface area contributed by atoms with Crippen molar-refractivity contribution in [1.82, 2.24) is 10.2 Å². The Morgan fingerprint density at radius 1 is 1.42 bits per heavy atom. The van der Waals surface area contributed by atoms with Gasteiger partial charge in [0.2, 0.25) is 0 Å². The largest absolute Gasteiger partial charge is 0.489 e. The van der Waals surface area contributed by atoms with Crippen LogP contribution < -0.4 is 10.1 Å². The molecule has 0 aliphatic carbocycles. The monoisotopic (exact) mass is 266 g/mol. The van der Waals surface area contributed by atoms with Crippen LogP contribution in [0.4, 0.5) is 4.79 Å². The first kappa shape index (κ1) is 15.3. The van der Waals surface area contributed by atoms with Gasteiger partial charge in [-0.15, -0.1) is 0 Å². The van der Waals surface area contributed by atoms with E-state index in [2.05, 4.69) is 5.32 Å². The standard InChI is InChI=1S/C14H22N2O3/c1-3-16(9-10-17)14(18)15-11-12(2)19-13-7-5-4-6-8-13/h4-8,12,17H,3,9-11H2,1-2H3,(H,15,18). The molecular weight excluding hydrogens is 244 g/mol. The van der Waals surface area contributed by atoms with Crippen molar-refractivity contribution in [2.24, 2.45) is 0 Å². The summed E-state index contributed by atoms with van der Waals surface area (Å²) in [6.07, 6.45) is -0.112. The zero-order valence-corrected chi connectivity index (χ0v) is 11.5. The fourth-order valence-electron chi connectivity index (χ4n) is 1.64. The Labute approximate surface area is 114 Å². The Balaban J connectivity index is 2.33. The van der Waals surface area contributed by atoms with Gasteiger partial charge in [0.25, 0.3) is 0 Å². The van der Waals surface area contributed by atoms with Crippen molar-refractivity contribution >= 4 is 6.03 Å². The van der Waals surface area contributed by atoms with Gasteiger partial charge in [0.05, 0.1) is 13.2 Å². The molecule has 1 aromatic rings. The van der Waals surface area contributed by atoms with Crippen LogP contribution in [0.5, 0.6) is 5.75 Å². The van der Waals surface area contributed by atoms with Gasteiger partial charge in [0, 0.05) is 13.1 Å². The summed E-state index contributed by atoms with van der Waals surface area (Å²) in [6.45, 7) is 5.08. The number of rotatable bonds is 7. The second-order valence-corrected chi connectivity index (χ2v) is 4.23. The van der Waals surface area contributed by atoms with E-state index in [-0.39, 0.29) is 18.7 Å². The second-order valence-electron chi connectivity index (χ2n) is 4.23. The molecule has 0 fully saturated rings. The Morgan fingerprint density at radius 3 is 2.68 bits per heavy atom. The molecule has 0 aromatic heterocycles. The van der Waals surface area contributed by atoms with Gasteiger partial charge < -0.3 is 20.1 Å². The number of aliphatic hydroxyl groups is 1. The highest BCUT2D eigenvalue weighted by Gasteiger charge is 2.12. The molecule has 0 heterocycles. The third-order valence-electron chi connectivity index (χ3n) is 2.66. The summed E-state index contributed by atoms with van der Waals surface area (Å²) in [5, 5.41) is 11.6. The lowest BCUT2D eigenvalue weighted by Gasteiger charge is -2.22. The number of carbonyl (C=O) groups excluding carboxylic acids is 1. The van der Waals surface area contributed by atoms with Crippen molar-refractivity contribution in [3.8, 4) is 5.75 Å². The molecule has 2 amide bonds. The molecule has 0 saturated carbocycles. The minimum atomic E-state index is -0.180. The molecule has 0 saturated heterocycles. The molecule has 0 aliphatic rings. The molecule has 19 heavy (non-hydrogen) atoms. The van der Waals surface area contributed by atoms with Crippen molar-refractivity contribution in [2.45, 2.75) is 20.0 Å². The van der Waals surface area contributed by atoms with Gasteiger partial charge in [-0.1, -0.05) is 18.2 Å². The number of carbonyl (C=O) groups is 1. The normalized spacial score (nSPS) is 11.7. The van der Waals surface area contributed by atoms with Crippen LogP contribution in [-0.2, 0) is 0 Å². The van der Waals surface area contributed by atoms with E-state index < -0.39 is 0 Å². The number of ether oxygens (including phenoxy) is 1. The second kappa shape index (κ2) is 8.37. The first-order valence-corrected chi connectivity index (χ1v) is 6.52. The van der Waals surface area contributed by atoms with E-state index in [0.717, 1.165) is 5.75 Å². The van der Waals surface area contributed by atoms with Crippen molar-refractivity contribution < 1.29 is 14.6 Å². The van der Waals surface area contributed by atoms with E-state index in [1.165, 1.54) is 0 Å². The summed E-state index contributed by atoms with van der Waals surface area (Å²) >= 11 is 0. The van der Waals surface area contributed by atoms with Crippen molar-refractivity contribution in [2.75, 3.05) is 26.2 Å². The predicted octanol–water partition coefficient (Wildman–Crippen LogP) is 1.48. The van der Waals surface area contributed by atoms with E-state index >= 15 is 0 Å². The van der Waals surface area contributed by atoms with Crippen molar-refractivity contribution in [3.05, 3.63) is 30.3 Å². The van der Waals surface area contributed by atoms with E-state index in [9.17, 15) is 4.79 Å². The maximum absolute atomic E-state index is 11.8. The summed E-state index contributed by atoms with van der Waals surface area (Å²) < 4.78 is 5.66. The molecule has 1 unspecified atom stereocenters. The smallest absolute Gasteiger partial charge is 0.317 e. The molecule has 1 atom stereocenters. The highest BCUT2D eigenvalue weighted by Crippen LogP contribution is 2.10. The Kier molecular flexibility index (Phi) is 6.74. The molecule has 1 aromatic carbocycles. The van der Waals surface area contributed by atoms with Crippen molar-refractivity contribution in [3.63, 3.8) is 0 Å². The number of aliphatic hydroxyl groups excluding tert-OH is 1. The molecule has 2 N–H and O–H groups in total. The SMILES string of the molecule is CCN(CCO)C(=O)NCC(C)Oc1ccccc1. The van der Waals surface area contributed by atoms with Gasteiger partial charge in [-0.2, -0.15) is 0 Å². The number of nitrogens with one attached hydrogen (secondary N) is 1. The van der Waals surface area contributed by atoms with Crippen LogP contribution >= 0.6 is 0 Å². The molecule has 106 valence electrons. The average molecular weight is 266 g/mol. The van der Waals surface area contributed by atoms with Gasteiger partial charge >= 0.3 is 6.03 Å². The van der Waals surface area contributed by atoms with E-state index in [0.29, 0.717) is 19.6 Å². The molecule has 1 rings (SSSR count). The van der Waals surface area contributed by atoms with Crippen LogP contribution in [0.25, 0.3) is 0 Å². The lowest BCUT2D eigenvalue weighted by atomic mass is 10.3. The number of urea groups is 1. The lowest BCUT2D eigenvalue weighted by Crippen LogP contribution is -2.44. The molecule has 0 spiro atoms. The van der Waals surface area contributed by atoms with E-state index in [4.69, 9.17) is 9.84 Å². The number of amides is 2. The first-order valence-electron chi connectivity index (χ1n) is 6.52. The number of nitrogens with zero attached hydrogens (tertiary/aromatic N) is 1. The maximum atomic E-state index is 11.8. The highest BCUT2D eigenvalue weighted by molar-refractivity contribution is 5.74. The lowest BCUT2D eigenvalue weighted by molar-refractivity contribution is 0.170. The third kappa shape index (κ3) is 5.61. The molecule has 5 nitrogen and oxygen atoms in total. The Hall–Kier alpha value is -1.75. The average Bonchev–Trinajstić information content (AvgIpc) is 2.43. The summed E-state index contributed by atoms with van der Waals surface area (Å²) in [5.74, 6) is 0.784. The predicted molar refractivity (Wildman–Crippen MR) is 74.3 cm³/mol. The van der Waals surface area contributed by atoms with Gasteiger partial charge in [-0.05, 0) is 26.0 Å². The van der Waals surface area contributed by atoms with Gasteiger partial charge in [0.1, 0.15) is 11.9 Å². The zero-order valence-electron chi connectivity index (χ0n) is 11.5.